The first-order valence-corrected chi connectivity index (χ1v) is 7.94. The second kappa shape index (κ2) is 4.51. The molecule has 1 saturated carbocycles. The highest BCUT2D eigenvalue weighted by Crippen LogP contribution is 2.40. The molecule has 3 fully saturated rings. The summed E-state index contributed by atoms with van der Waals surface area (Å²) in [5.41, 5.74) is 0.247. The first-order valence-electron chi connectivity index (χ1n) is 6.79. The average Bonchev–Trinajstić information content (AvgIpc) is 2.90. The Morgan fingerprint density at radius 3 is 3.12 bits per heavy atom. The summed E-state index contributed by atoms with van der Waals surface area (Å²) in [5.74, 6) is 3.50. The van der Waals surface area contributed by atoms with Gasteiger partial charge in [-0.2, -0.15) is 11.8 Å². The van der Waals surface area contributed by atoms with Crippen LogP contribution in [0.2, 0.25) is 0 Å². The highest BCUT2D eigenvalue weighted by Gasteiger charge is 2.43. The number of hydrogen-bond acceptors (Lipinski definition) is 3. The smallest absolute Gasteiger partial charge is 0.0795 e. The van der Waals surface area contributed by atoms with Crippen molar-refractivity contribution in [3.63, 3.8) is 0 Å². The first kappa shape index (κ1) is 11.4. The molecular formula is C13H23NOS. The van der Waals surface area contributed by atoms with E-state index < -0.39 is 0 Å². The summed E-state index contributed by atoms with van der Waals surface area (Å²) >= 11 is 2.07. The molecule has 3 rings (SSSR count). The van der Waals surface area contributed by atoms with Crippen molar-refractivity contribution in [2.45, 2.75) is 56.7 Å². The largest absolute Gasteiger partial charge is 0.374 e. The Bertz CT molecular complexity index is 252. The molecule has 1 aliphatic carbocycles. The van der Waals surface area contributed by atoms with Crippen LogP contribution in [0, 0.1) is 5.92 Å². The lowest BCUT2D eigenvalue weighted by Crippen LogP contribution is -2.48. The van der Waals surface area contributed by atoms with Crippen LogP contribution < -0.4 is 5.32 Å². The lowest BCUT2D eigenvalue weighted by atomic mass is 9.90. The zero-order valence-corrected chi connectivity index (χ0v) is 11.0. The van der Waals surface area contributed by atoms with Gasteiger partial charge in [0, 0.05) is 24.4 Å². The van der Waals surface area contributed by atoms with Gasteiger partial charge in [0.15, 0.2) is 0 Å². The fourth-order valence-electron chi connectivity index (χ4n) is 3.24. The van der Waals surface area contributed by atoms with Gasteiger partial charge in [-0.1, -0.05) is 13.3 Å². The zero-order valence-electron chi connectivity index (χ0n) is 10.2. The maximum Gasteiger partial charge on any atom is 0.0795 e. The van der Waals surface area contributed by atoms with E-state index in [-0.39, 0.29) is 5.60 Å². The molecule has 0 amide bonds. The van der Waals surface area contributed by atoms with Gasteiger partial charge in [0.2, 0.25) is 0 Å². The van der Waals surface area contributed by atoms with Crippen LogP contribution >= 0.6 is 11.8 Å². The van der Waals surface area contributed by atoms with E-state index in [1.165, 1.54) is 43.6 Å². The highest BCUT2D eigenvalue weighted by molar-refractivity contribution is 7.99. The Kier molecular flexibility index (Phi) is 3.20. The minimum atomic E-state index is 0.247. The van der Waals surface area contributed by atoms with Crippen LogP contribution in [0.5, 0.6) is 0 Å². The average molecular weight is 241 g/mol. The number of nitrogens with one attached hydrogen (secondary N) is 1. The van der Waals surface area contributed by atoms with E-state index in [1.54, 1.807) is 0 Å². The van der Waals surface area contributed by atoms with Crippen molar-refractivity contribution in [2.75, 3.05) is 18.1 Å². The standard InChI is InChI=1S/C13H23NOS/c1-2-10-7-12(10)14-11-3-5-15-13(8-11)4-6-16-9-13/h10-12,14H,2-9H2,1H3. The van der Waals surface area contributed by atoms with Crippen molar-refractivity contribution in [2.24, 2.45) is 5.92 Å². The third-order valence-corrected chi connectivity index (χ3v) is 5.68. The monoisotopic (exact) mass is 241 g/mol. The number of thioether (sulfide) groups is 1. The molecule has 0 radical (unpaired) electrons. The lowest BCUT2D eigenvalue weighted by Gasteiger charge is -2.38. The van der Waals surface area contributed by atoms with E-state index in [9.17, 15) is 0 Å². The van der Waals surface area contributed by atoms with Crippen molar-refractivity contribution in [3.8, 4) is 0 Å². The van der Waals surface area contributed by atoms with Gasteiger partial charge in [0.25, 0.3) is 0 Å². The van der Waals surface area contributed by atoms with Gasteiger partial charge < -0.3 is 10.1 Å². The van der Waals surface area contributed by atoms with Crippen LogP contribution in [0.4, 0.5) is 0 Å². The summed E-state index contributed by atoms with van der Waals surface area (Å²) in [6, 6.07) is 1.56. The van der Waals surface area contributed by atoms with Crippen LogP contribution in [0.25, 0.3) is 0 Å². The third-order valence-electron chi connectivity index (χ3n) is 4.46. The van der Waals surface area contributed by atoms with E-state index in [0.29, 0.717) is 0 Å². The van der Waals surface area contributed by atoms with E-state index in [4.69, 9.17) is 4.74 Å². The van der Waals surface area contributed by atoms with Gasteiger partial charge in [0.05, 0.1) is 5.60 Å². The Morgan fingerprint density at radius 2 is 2.44 bits per heavy atom. The Labute approximate surface area is 103 Å². The molecular weight excluding hydrogens is 218 g/mol. The Balaban J connectivity index is 1.52. The molecule has 1 N–H and O–H groups in total. The highest BCUT2D eigenvalue weighted by atomic mass is 32.2. The van der Waals surface area contributed by atoms with Crippen LogP contribution in [-0.4, -0.2) is 35.8 Å². The maximum absolute atomic E-state index is 6.05. The second-order valence-electron chi connectivity index (χ2n) is 5.70. The molecule has 3 heteroatoms. The predicted molar refractivity (Wildman–Crippen MR) is 69.0 cm³/mol. The van der Waals surface area contributed by atoms with Crippen molar-refractivity contribution >= 4 is 11.8 Å². The predicted octanol–water partition coefficient (Wildman–Crippen LogP) is 2.43. The molecule has 92 valence electrons. The van der Waals surface area contributed by atoms with Crippen LogP contribution in [0.1, 0.15) is 39.0 Å². The normalized spacial score (nSPS) is 47.4. The van der Waals surface area contributed by atoms with E-state index in [0.717, 1.165) is 24.6 Å². The van der Waals surface area contributed by atoms with Crippen LogP contribution in [0.3, 0.4) is 0 Å². The molecule has 2 nitrogen and oxygen atoms in total. The summed E-state index contributed by atoms with van der Waals surface area (Å²) < 4.78 is 6.05. The van der Waals surface area contributed by atoms with E-state index >= 15 is 0 Å². The Hall–Kier alpha value is 0.270. The quantitative estimate of drug-likeness (QED) is 0.820. The third kappa shape index (κ3) is 2.27. The summed E-state index contributed by atoms with van der Waals surface area (Å²) in [5, 5.41) is 3.86. The molecule has 4 atom stereocenters. The second-order valence-corrected chi connectivity index (χ2v) is 6.81. The van der Waals surface area contributed by atoms with Crippen molar-refractivity contribution in [1.29, 1.82) is 0 Å². The van der Waals surface area contributed by atoms with Crippen molar-refractivity contribution < 1.29 is 4.74 Å². The number of ether oxygens (including phenoxy) is 1. The SMILES string of the molecule is CCC1CC1NC1CCOC2(CCSC2)C1. The van der Waals surface area contributed by atoms with Gasteiger partial charge in [-0.15, -0.1) is 0 Å². The minimum Gasteiger partial charge on any atom is -0.374 e. The summed E-state index contributed by atoms with van der Waals surface area (Å²) in [6.07, 6.45) is 6.52. The van der Waals surface area contributed by atoms with Crippen molar-refractivity contribution in [3.05, 3.63) is 0 Å². The van der Waals surface area contributed by atoms with Crippen LogP contribution in [-0.2, 0) is 4.74 Å². The maximum atomic E-state index is 6.05. The fourth-order valence-corrected chi connectivity index (χ4v) is 4.62. The molecule has 1 spiro atoms. The number of hydrogen-bond donors (Lipinski definition) is 1. The molecule has 0 bridgehead atoms. The van der Waals surface area contributed by atoms with Gasteiger partial charge in [-0.3, -0.25) is 0 Å². The van der Waals surface area contributed by atoms with Crippen LogP contribution in [0.15, 0.2) is 0 Å². The van der Waals surface area contributed by atoms with Gasteiger partial charge >= 0.3 is 0 Å². The summed E-state index contributed by atoms with van der Waals surface area (Å²) in [4.78, 5) is 0. The summed E-state index contributed by atoms with van der Waals surface area (Å²) in [6.45, 7) is 3.28. The van der Waals surface area contributed by atoms with E-state index in [1.807, 2.05) is 0 Å². The molecule has 3 aliphatic rings. The molecule has 0 aromatic rings. The van der Waals surface area contributed by atoms with Crippen molar-refractivity contribution in [1.82, 2.24) is 5.32 Å². The lowest BCUT2D eigenvalue weighted by molar-refractivity contribution is -0.0704. The molecule has 4 unspecified atom stereocenters. The molecule has 0 aromatic heterocycles. The fraction of sp³-hybridized carbons (Fsp3) is 1.00. The summed E-state index contributed by atoms with van der Waals surface area (Å²) in [7, 11) is 0. The molecule has 0 aromatic carbocycles. The molecule has 2 heterocycles. The van der Waals surface area contributed by atoms with Gasteiger partial charge in [-0.25, -0.2) is 0 Å². The van der Waals surface area contributed by atoms with Gasteiger partial charge in [0.1, 0.15) is 0 Å². The van der Waals surface area contributed by atoms with Gasteiger partial charge in [-0.05, 0) is 37.4 Å². The zero-order chi connectivity index (χ0) is 11.0. The van der Waals surface area contributed by atoms with E-state index in [2.05, 4.69) is 24.0 Å². The topological polar surface area (TPSA) is 21.3 Å². The number of rotatable bonds is 3. The molecule has 2 saturated heterocycles. The minimum absolute atomic E-state index is 0.247. The molecule has 2 aliphatic heterocycles. The Morgan fingerprint density at radius 1 is 1.50 bits per heavy atom. The first-order chi connectivity index (χ1) is 7.81. The molecule has 16 heavy (non-hydrogen) atoms.